The number of carboxylic acids is 1. The highest BCUT2D eigenvalue weighted by Crippen LogP contribution is 2.47. The molecule has 0 aliphatic heterocycles. The number of nitrogens with one attached hydrogen (secondary N) is 1. The zero-order chi connectivity index (χ0) is 58.7. The Morgan fingerprint density at radius 1 is 0.684 bits per heavy atom. The second-order valence-corrected chi connectivity index (χ2v) is 27.7. The van der Waals surface area contributed by atoms with Gasteiger partial charge in [-0.25, -0.2) is 0 Å². The second-order valence-electron chi connectivity index (χ2n) is 27.7. The molecule has 4 atom stereocenters. The van der Waals surface area contributed by atoms with Crippen LogP contribution in [0.1, 0.15) is 173 Å². The molecule has 0 bridgehead atoms. The molecule has 7 nitrogen and oxygen atoms in total. The van der Waals surface area contributed by atoms with Crippen molar-refractivity contribution in [3.8, 4) is 0 Å². The summed E-state index contributed by atoms with van der Waals surface area (Å²) in [5.74, 6) is -0.591. The maximum atomic E-state index is 14.1. The van der Waals surface area contributed by atoms with Crippen LogP contribution in [0.15, 0.2) is 115 Å². The number of ether oxygens (including phenoxy) is 1. The van der Waals surface area contributed by atoms with Gasteiger partial charge in [0.2, 0.25) is 11.4 Å². The summed E-state index contributed by atoms with van der Waals surface area (Å²) in [4.78, 5) is 27.8. The van der Waals surface area contributed by atoms with Crippen molar-refractivity contribution in [2.24, 2.45) is 33.0 Å². The number of anilines is 3. The zero-order valence-corrected chi connectivity index (χ0v) is 52.4. The van der Waals surface area contributed by atoms with E-state index in [1.54, 1.807) is 0 Å². The number of benzene rings is 5. The van der Waals surface area contributed by atoms with Crippen molar-refractivity contribution in [3.05, 3.63) is 159 Å². The summed E-state index contributed by atoms with van der Waals surface area (Å²) in [5, 5.41) is 15.6. The number of hydrogen-bond acceptors (Lipinski definition) is 5. The third-order valence-electron chi connectivity index (χ3n) is 17.2. The lowest BCUT2D eigenvalue weighted by Crippen LogP contribution is -2.45. The lowest BCUT2D eigenvalue weighted by molar-refractivity contribution is -0.404. The van der Waals surface area contributed by atoms with Gasteiger partial charge in [0.1, 0.15) is 13.2 Å². The summed E-state index contributed by atoms with van der Waals surface area (Å²) in [6.07, 6.45) is 14.3. The molecule has 0 spiro atoms. The number of aliphatic carboxylic acids is 1. The Morgan fingerprint density at radius 2 is 1.20 bits per heavy atom. The lowest BCUT2D eigenvalue weighted by atomic mass is 9.61. The smallest absolute Gasteiger partial charge is 0.312 e. The SMILES string of the molecule is CC(C)(C)CC(C)(C(=O)O)C(C)(C)C.Cc1cc(C)c(N(C)c2ccc(C(=C3C=CC(=[N+](C)c4c(C)cc(C)cc4C)C=C3)c3ccc(NC4CCCCC4OC(=O)C(C)(CC(C)(C)C)C(C)C)c4ccccc34)cc2)c(C)c1. The van der Waals surface area contributed by atoms with Crippen molar-refractivity contribution in [1.82, 2.24) is 0 Å². The molecule has 4 unspecified atom stereocenters. The Kier molecular flexibility index (Phi) is 19.0. The fraction of sp³-hybridized carbons (Fsp3) is 0.486. The minimum Gasteiger partial charge on any atom is -0.481 e. The van der Waals surface area contributed by atoms with Crippen molar-refractivity contribution in [2.75, 3.05) is 24.3 Å². The van der Waals surface area contributed by atoms with Gasteiger partial charge in [-0.2, -0.15) is 4.58 Å². The van der Waals surface area contributed by atoms with Gasteiger partial charge in [-0.1, -0.05) is 148 Å². The predicted molar refractivity (Wildman–Crippen MR) is 337 cm³/mol. The van der Waals surface area contributed by atoms with Crippen molar-refractivity contribution < 1.29 is 24.0 Å². The molecule has 5 aromatic rings. The third-order valence-corrected chi connectivity index (χ3v) is 17.2. The average Bonchev–Trinajstić information content (AvgIpc) is 3.35. The van der Waals surface area contributed by atoms with E-state index >= 15 is 0 Å². The molecule has 7 rings (SSSR count). The molecular formula is C72H98N3O4+. The van der Waals surface area contributed by atoms with Crippen LogP contribution in [0.5, 0.6) is 0 Å². The highest BCUT2D eigenvalue weighted by atomic mass is 16.5. The molecule has 1 fully saturated rings. The molecule has 0 aromatic heterocycles. The maximum Gasteiger partial charge on any atom is 0.312 e. The van der Waals surface area contributed by atoms with Crippen LogP contribution in [0.4, 0.5) is 22.7 Å². The summed E-state index contributed by atoms with van der Waals surface area (Å²) < 4.78 is 8.88. The maximum absolute atomic E-state index is 14.1. The van der Waals surface area contributed by atoms with Crippen LogP contribution in [0.25, 0.3) is 16.3 Å². The van der Waals surface area contributed by atoms with Crippen LogP contribution in [0.3, 0.4) is 0 Å². The van der Waals surface area contributed by atoms with E-state index < -0.39 is 16.8 Å². The summed E-state index contributed by atoms with van der Waals surface area (Å²) in [6.45, 7) is 40.3. The Hall–Kier alpha value is -6.21. The summed E-state index contributed by atoms with van der Waals surface area (Å²) in [5.41, 5.74) is 16.8. The van der Waals surface area contributed by atoms with Crippen molar-refractivity contribution in [2.45, 2.75) is 182 Å². The van der Waals surface area contributed by atoms with Crippen LogP contribution in [-0.2, 0) is 14.3 Å². The molecule has 7 heteroatoms. The van der Waals surface area contributed by atoms with E-state index in [0.717, 1.165) is 65.7 Å². The van der Waals surface area contributed by atoms with E-state index in [9.17, 15) is 14.7 Å². The molecule has 0 saturated heterocycles. The number of fused-ring (bicyclic) bond motifs is 1. The van der Waals surface area contributed by atoms with Gasteiger partial charge in [-0.15, -0.1) is 0 Å². The Balaban J connectivity index is 0.000000633. The predicted octanol–water partition coefficient (Wildman–Crippen LogP) is 18.7. The minimum absolute atomic E-state index is 0.00885. The first-order valence-corrected chi connectivity index (χ1v) is 29.1. The molecule has 2 aliphatic carbocycles. The van der Waals surface area contributed by atoms with Crippen molar-refractivity contribution in [3.63, 3.8) is 0 Å². The fourth-order valence-corrected chi connectivity index (χ4v) is 12.7. The number of carbonyl (C=O) groups is 2. The number of esters is 1. The second kappa shape index (κ2) is 24.3. The number of nitrogens with zero attached hydrogens (tertiary/aromatic N) is 2. The zero-order valence-electron chi connectivity index (χ0n) is 52.4. The van der Waals surface area contributed by atoms with Crippen LogP contribution >= 0.6 is 0 Å². The van der Waals surface area contributed by atoms with E-state index in [-0.39, 0.29) is 40.3 Å². The highest BCUT2D eigenvalue weighted by molar-refractivity contribution is 6.08. The van der Waals surface area contributed by atoms with E-state index in [1.807, 2.05) is 27.7 Å². The summed E-state index contributed by atoms with van der Waals surface area (Å²) in [7, 11) is 4.34. The van der Waals surface area contributed by atoms with Gasteiger partial charge in [-0.3, -0.25) is 9.59 Å². The topological polar surface area (TPSA) is 81.9 Å². The first-order chi connectivity index (χ1) is 36.7. The van der Waals surface area contributed by atoms with E-state index in [4.69, 9.17) is 4.74 Å². The number of hydrogen-bond donors (Lipinski definition) is 2. The molecule has 424 valence electrons. The Bertz CT molecular complexity index is 3100. The van der Waals surface area contributed by atoms with Crippen LogP contribution in [0.2, 0.25) is 0 Å². The molecule has 1 saturated carbocycles. The van der Waals surface area contributed by atoms with Gasteiger partial charge < -0.3 is 20.1 Å². The molecule has 79 heavy (non-hydrogen) atoms. The molecule has 0 heterocycles. The van der Waals surface area contributed by atoms with Gasteiger partial charge in [0.05, 0.1) is 16.9 Å². The van der Waals surface area contributed by atoms with Crippen LogP contribution in [0, 0.1) is 74.5 Å². The molecule has 5 aromatic carbocycles. The number of allylic oxidation sites excluding steroid dienone is 5. The third kappa shape index (κ3) is 14.4. The van der Waals surface area contributed by atoms with E-state index in [0.29, 0.717) is 6.42 Å². The summed E-state index contributed by atoms with van der Waals surface area (Å²) >= 11 is 0. The lowest BCUT2D eigenvalue weighted by Gasteiger charge is -2.42. The molecule has 0 radical (unpaired) electrons. The first kappa shape index (κ1) is 62.0. The summed E-state index contributed by atoms with van der Waals surface area (Å²) in [6, 6.07) is 31.5. The van der Waals surface area contributed by atoms with E-state index in [1.165, 1.54) is 61.3 Å². The Morgan fingerprint density at radius 3 is 1.70 bits per heavy atom. The number of carboxylic acid groups (broad SMARTS) is 1. The normalized spacial score (nSPS) is 17.4. The fourth-order valence-electron chi connectivity index (χ4n) is 12.7. The van der Waals surface area contributed by atoms with Gasteiger partial charge in [-0.05, 0) is 191 Å². The van der Waals surface area contributed by atoms with Crippen molar-refractivity contribution in [1.29, 1.82) is 0 Å². The largest absolute Gasteiger partial charge is 0.481 e. The monoisotopic (exact) mass is 1070 g/mol. The number of aryl methyl sites for hydroxylation is 6. The van der Waals surface area contributed by atoms with Crippen LogP contribution in [-0.4, -0.2) is 53.6 Å². The Labute approximate surface area is 477 Å². The standard InChI is InChI=1S/C60H73N3O2.C12H24O2/c1-38(2)60(12,37-59(9,10)11)58(64)65-54-22-18-17-21-53(54)61-52-32-31-51(49-19-15-16-20-50(49)52)55(45-23-27-47(28-24-45)62(13)56-41(5)33-39(3)34-42(56)6)46-25-29-48(30-26-46)63(14)57-43(7)35-40(4)36-44(57)8;1-10(2,3)8-12(7,9(13)14)11(4,5)6/h15-16,19-20,23-36,38,53-54H,17-18,21-22,37H2,1-14H3;8H2,1-7H3,(H,13,14)/p+1. The molecule has 2 N–H and O–H groups in total. The number of rotatable bonds is 13. The van der Waals surface area contributed by atoms with Gasteiger partial charge in [0, 0.05) is 52.8 Å². The molecule has 0 amide bonds. The van der Waals surface area contributed by atoms with Gasteiger partial charge >= 0.3 is 11.9 Å². The number of carbonyl (C=O) groups excluding carboxylic acids is 1. The molecular weight excluding hydrogens is 971 g/mol. The first-order valence-electron chi connectivity index (χ1n) is 29.1. The highest BCUT2D eigenvalue weighted by Gasteiger charge is 2.47. The molecule has 2 aliphatic rings. The minimum atomic E-state index is -0.695. The average molecular weight is 1070 g/mol. The van der Waals surface area contributed by atoms with Crippen LogP contribution < -0.4 is 10.2 Å². The van der Waals surface area contributed by atoms with Gasteiger partial charge in [0.25, 0.3) is 0 Å². The van der Waals surface area contributed by atoms with Crippen molar-refractivity contribution >= 4 is 56.7 Å². The quantitative estimate of drug-likeness (QED) is 0.0903. The van der Waals surface area contributed by atoms with Gasteiger partial charge in [0.15, 0.2) is 0 Å². The van der Waals surface area contributed by atoms with E-state index in [2.05, 4.69) is 242 Å².